The van der Waals surface area contributed by atoms with Gasteiger partial charge in [-0.1, -0.05) is 11.6 Å². The van der Waals surface area contributed by atoms with Crippen molar-refractivity contribution in [1.29, 1.82) is 0 Å². The Labute approximate surface area is 122 Å². The van der Waals surface area contributed by atoms with E-state index in [4.69, 9.17) is 5.11 Å². The lowest BCUT2D eigenvalue weighted by Gasteiger charge is -2.10. The third-order valence-electron chi connectivity index (χ3n) is 2.62. The number of benzene rings is 1. The first-order valence-corrected chi connectivity index (χ1v) is 6.96. The van der Waals surface area contributed by atoms with Gasteiger partial charge in [0.15, 0.2) is 0 Å². The fraction of sp³-hybridized carbons (Fsp3) is 0.308. The lowest BCUT2D eigenvalue weighted by atomic mass is 10.2. The van der Waals surface area contributed by atoms with E-state index in [0.29, 0.717) is 5.39 Å². The fourth-order valence-corrected chi connectivity index (χ4v) is 2.63. The number of nitrogens with zero attached hydrogens (tertiary/aromatic N) is 2. The van der Waals surface area contributed by atoms with Crippen molar-refractivity contribution in [3.8, 4) is 0 Å². The van der Waals surface area contributed by atoms with E-state index >= 15 is 0 Å². The summed E-state index contributed by atoms with van der Waals surface area (Å²) >= 11 is 0.985. The van der Waals surface area contributed by atoms with Gasteiger partial charge in [0.1, 0.15) is 5.03 Å². The third kappa shape index (κ3) is 3.84. The molecule has 2 aromatic rings. The summed E-state index contributed by atoms with van der Waals surface area (Å²) in [6.07, 6.45) is -4.79. The van der Waals surface area contributed by atoms with Crippen molar-refractivity contribution in [3.05, 3.63) is 29.6 Å². The summed E-state index contributed by atoms with van der Waals surface area (Å²) in [5.74, 6) is -2.07. The van der Waals surface area contributed by atoms with Gasteiger partial charge >= 0.3 is 12.1 Å². The number of halogens is 3. The van der Waals surface area contributed by atoms with Gasteiger partial charge < -0.3 is 5.11 Å². The van der Waals surface area contributed by atoms with Gasteiger partial charge in [0.25, 0.3) is 0 Å². The largest absolute Gasteiger partial charge is 0.481 e. The van der Waals surface area contributed by atoms with Crippen LogP contribution in [0.1, 0.15) is 17.8 Å². The zero-order valence-corrected chi connectivity index (χ0v) is 11.8. The quantitative estimate of drug-likeness (QED) is 0.690. The maximum absolute atomic E-state index is 12.8. The molecule has 2 rings (SSSR count). The Hall–Kier alpha value is -1.83. The number of carboxylic acids is 1. The first-order valence-electron chi connectivity index (χ1n) is 5.97. The van der Waals surface area contributed by atoms with Gasteiger partial charge in [-0.3, -0.25) is 4.79 Å². The Morgan fingerprint density at radius 1 is 1.33 bits per heavy atom. The molecule has 0 aliphatic heterocycles. The highest BCUT2D eigenvalue weighted by Crippen LogP contribution is 2.32. The summed E-state index contributed by atoms with van der Waals surface area (Å²) < 4.78 is 38.4. The van der Waals surface area contributed by atoms with E-state index in [1.54, 1.807) is 12.1 Å². The van der Waals surface area contributed by atoms with Crippen LogP contribution in [0.15, 0.2) is 23.2 Å². The number of rotatable bonds is 4. The standard InChI is InChI=1S/C13H11F3N2O2S/c1-7-2-3-9-8(6-7)11(21-5-4-10(19)20)18-12(17-9)13(14,15)16/h2-3,6H,4-5H2,1H3,(H,19,20). The van der Waals surface area contributed by atoms with E-state index < -0.39 is 18.0 Å². The molecule has 0 fully saturated rings. The summed E-state index contributed by atoms with van der Waals surface area (Å²) in [5, 5.41) is 9.26. The highest BCUT2D eigenvalue weighted by molar-refractivity contribution is 7.99. The number of aromatic nitrogens is 2. The lowest BCUT2D eigenvalue weighted by Crippen LogP contribution is -2.12. The predicted octanol–water partition coefficient (Wildman–Crippen LogP) is 3.52. The first kappa shape index (κ1) is 15.6. The number of fused-ring (bicyclic) bond motifs is 1. The molecule has 1 aromatic carbocycles. The molecular weight excluding hydrogens is 305 g/mol. The number of carbonyl (C=O) groups is 1. The van der Waals surface area contributed by atoms with Crippen LogP contribution in [-0.4, -0.2) is 26.8 Å². The monoisotopic (exact) mass is 316 g/mol. The van der Waals surface area contributed by atoms with Gasteiger partial charge in [0.05, 0.1) is 11.9 Å². The topological polar surface area (TPSA) is 63.1 Å². The average molecular weight is 316 g/mol. The summed E-state index contributed by atoms with van der Waals surface area (Å²) in [5.41, 5.74) is 1.06. The minimum absolute atomic E-state index is 0.146. The molecule has 21 heavy (non-hydrogen) atoms. The van der Waals surface area contributed by atoms with Crippen LogP contribution >= 0.6 is 11.8 Å². The number of aliphatic carboxylic acids is 1. The van der Waals surface area contributed by atoms with Crippen molar-refractivity contribution in [2.24, 2.45) is 0 Å². The van der Waals surface area contributed by atoms with Crippen LogP contribution in [0.2, 0.25) is 0 Å². The zero-order chi connectivity index (χ0) is 15.6. The van der Waals surface area contributed by atoms with Crippen molar-refractivity contribution >= 4 is 28.6 Å². The molecule has 8 heteroatoms. The Kier molecular flexibility index (Phi) is 4.36. The molecule has 1 N–H and O–H groups in total. The van der Waals surface area contributed by atoms with Crippen LogP contribution in [0, 0.1) is 6.92 Å². The fourth-order valence-electron chi connectivity index (χ4n) is 1.69. The molecule has 4 nitrogen and oxygen atoms in total. The van der Waals surface area contributed by atoms with Gasteiger partial charge in [-0.2, -0.15) is 13.2 Å². The molecule has 0 radical (unpaired) electrons. The first-order chi connectivity index (χ1) is 9.77. The number of alkyl halides is 3. The van der Waals surface area contributed by atoms with E-state index in [1.165, 1.54) is 6.07 Å². The zero-order valence-electron chi connectivity index (χ0n) is 10.9. The second-order valence-electron chi connectivity index (χ2n) is 4.36. The summed E-state index contributed by atoms with van der Waals surface area (Å²) in [7, 11) is 0. The molecule has 0 spiro atoms. The van der Waals surface area contributed by atoms with Crippen molar-refractivity contribution < 1.29 is 23.1 Å². The number of thioether (sulfide) groups is 1. The molecule has 0 unspecified atom stereocenters. The molecule has 112 valence electrons. The van der Waals surface area contributed by atoms with Gasteiger partial charge in [0, 0.05) is 11.1 Å². The predicted molar refractivity (Wildman–Crippen MR) is 72.3 cm³/mol. The second kappa shape index (κ2) is 5.88. The molecule has 0 amide bonds. The van der Waals surface area contributed by atoms with Crippen molar-refractivity contribution in [2.45, 2.75) is 24.5 Å². The Balaban J connectivity index is 2.47. The van der Waals surface area contributed by atoms with Crippen molar-refractivity contribution in [1.82, 2.24) is 9.97 Å². The molecular formula is C13H11F3N2O2S. The Morgan fingerprint density at radius 3 is 2.67 bits per heavy atom. The van der Waals surface area contributed by atoms with Crippen LogP contribution in [0.5, 0.6) is 0 Å². The smallest absolute Gasteiger partial charge is 0.451 e. The maximum Gasteiger partial charge on any atom is 0.451 e. The van der Waals surface area contributed by atoms with Gasteiger partial charge in [-0.25, -0.2) is 9.97 Å². The summed E-state index contributed by atoms with van der Waals surface area (Å²) in [4.78, 5) is 17.6. The van der Waals surface area contributed by atoms with Crippen molar-refractivity contribution in [3.63, 3.8) is 0 Å². The molecule has 1 aromatic heterocycles. The molecule has 0 atom stereocenters. The molecule has 1 heterocycles. The second-order valence-corrected chi connectivity index (χ2v) is 5.45. The number of aryl methyl sites for hydroxylation is 1. The highest BCUT2D eigenvalue weighted by Gasteiger charge is 2.35. The van der Waals surface area contributed by atoms with E-state index in [-0.39, 0.29) is 22.7 Å². The summed E-state index contributed by atoms with van der Waals surface area (Å²) in [6.45, 7) is 1.81. The van der Waals surface area contributed by atoms with Crippen LogP contribution < -0.4 is 0 Å². The van der Waals surface area contributed by atoms with Crippen LogP contribution in [0.4, 0.5) is 13.2 Å². The summed E-state index contributed by atoms with van der Waals surface area (Å²) in [6, 6.07) is 4.86. The maximum atomic E-state index is 12.8. The Morgan fingerprint density at radius 2 is 2.05 bits per heavy atom. The molecule has 0 aliphatic carbocycles. The Bertz CT molecular complexity index is 689. The van der Waals surface area contributed by atoms with Crippen LogP contribution in [-0.2, 0) is 11.0 Å². The van der Waals surface area contributed by atoms with Crippen LogP contribution in [0.3, 0.4) is 0 Å². The normalized spacial score (nSPS) is 11.8. The SMILES string of the molecule is Cc1ccc2nc(C(F)(F)F)nc(SCCC(=O)O)c2c1. The highest BCUT2D eigenvalue weighted by atomic mass is 32.2. The van der Waals surface area contributed by atoms with Crippen LogP contribution in [0.25, 0.3) is 10.9 Å². The minimum atomic E-state index is -4.64. The number of carboxylic acid groups (broad SMARTS) is 1. The van der Waals surface area contributed by atoms with E-state index in [0.717, 1.165) is 17.3 Å². The minimum Gasteiger partial charge on any atom is -0.481 e. The van der Waals surface area contributed by atoms with Gasteiger partial charge in [0.2, 0.25) is 5.82 Å². The van der Waals surface area contributed by atoms with Gasteiger partial charge in [-0.15, -0.1) is 11.8 Å². The molecule has 0 bridgehead atoms. The third-order valence-corrected chi connectivity index (χ3v) is 3.62. The average Bonchev–Trinajstić information content (AvgIpc) is 2.37. The van der Waals surface area contributed by atoms with E-state index in [1.807, 2.05) is 6.92 Å². The molecule has 0 aliphatic rings. The van der Waals surface area contributed by atoms with E-state index in [2.05, 4.69) is 9.97 Å². The molecule has 0 saturated heterocycles. The molecule has 0 saturated carbocycles. The number of hydrogen-bond acceptors (Lipinski definition) is 4. The van der Waals surface area contributed by atoms with E-state index in [9.17, 15) is 18.0 Å². The van der Waals surface area contributed by atoms with Gasteiger partial charge in [-0.05, 0) is 19.1 Å². The lowest BCUT2D eigenvalue weighted by molar-refractivity contribution is -0.145. The number of hydrogen-bond donors (Lipinski definition) is 1. The van der Waals surface area contributed by atoms with Crippen molar-refractivity contribution in [2.75, 3.05) is 5.75 Å².